The van der Waals surface area contributed by atoms with E-state index in [-0.39, 0.29) is 6.04 Å². The lowest BCUT2D eigenvalue weighted by atomic mass is 9.90. The summed E-state index contributed by atoms with van der Waals surface area (Å²) in [7, 11) is 0. The van der Waals surface area contributed by atoms with Gasteiger partial charge in [-0.25, -0.2) is 0 Å². The maximum absolute atomic E-state index is 5.70. The molecular weight excluding hydrogens is 208 g/mol. The fourth-order valence-electron chi connectivity index (χ4n) is 2.50. The molecule has 1 aliphatic rings. The first-order chi connectivity index (χ1) is 8.25. The van der Waals surface area contributed by atoms with E-state index in [1.807, 2.05) is 6.92 Å². The van der Waals surface area contributed by atoms with E-state index >= 15 is 0 Å². The molecule has 1 aliphatic carbocycles. The van der Waals surface area contributed by atoms with E-state index in [9.17, 15) is 0 Å². The summed E-state index contributed by atoms with van der Waals surface area (Å²) in [5.74, 6) is 0. The molecule has 0 saturated carbocycles. The Balaban J connectivity index is 1.85. The molecule has 0 aliphatic heterocycles. The molecule has 0 radical (unpaired) electrons. The zero-order chi connectivity index (χ0) is 12.1. The highest BCUT2D eigenvalue weighted by Gasteiger charge is 2.09. The maximum atomic E-state index is 5.70. The molecule has 1 atom stereocenters. The molecule has 1 aromatic rings. The number of nitrogens with one attached hydrogen (secondary N) is 1. The molecule has 1 aromatic carbocycles. The van der Waals surface area contributed by atoms with Gasteiger partial charge in [-0.3, -0.25) is 0 Å². The first kappa shape index (κ1) is 12.6. The van der Waals surface area contributed by atoms with E-state index in [1.165, 1.54) is 31.2 Å². The van der Waals surface area contributed by atoms with Crippen LogP contribution >= 0.6 is 0 Å². The minimum Gasteiger partial charge on any atom is -0.327 e. The van der Waals surface area contributed by atoms with E-state index in [1.54, 1.807) is 11.1 Å². The van der Waals surface area contributed by atoms with Crippen molar-refractivity contribution in [1.82, 2.24) is 5.32 Å². The van der Waals surface area contributed by atoms with E-state index < -0.39 is 0 Å². The third-order valence-electron chi connectivity index (χ3n) is 3.47. The average molecular weight is 232 g/mol. The van der Waals surface area contributed by atoms with Crippen molar-refractivity contribution in [3.05, 3.63) is 34.9 Å². The highest BCUT2D eigenvalue weighted by atomic mass is 14.9. The molecule has 0 amide bonds. The van der Waals surface area contributed by atoms with Gasteiger partial charge in [-0.05, 0) is 62.3 Å². The standard InChI is InChI=1S/C15H24N2/c1-12(16)11-17-9-8-13-6-7-14-4-2-3-5-15(14)10-13/h6-7,10,12,17H,2-5,8-9,11,16H2,1H3. The van der Waals surface area contributed by atoms with Crippen molar-refractivity contribution in [3.63, 3.8) is 0 Å². The Bertz CT molecular complexity index is 358. The second-order valence-electron chi connectivity index (χ2n) is 5.24. The number of hydrogen-bond acceptors (Lipinski definition) is 2. The van der Waals surface area contributed by atoms with Crippen molar-refractivity contribution in [2.75, 3.05) is 13.1 Å². The number of nitrogens with two attached hydrogens (primary N) is 1. The van der Waals surface area contributed by atoms with E-state index in [2.05, 4.69) is 23.5 Å². The Morgan fingerprint density at radius 3 is 2.76 bits per heavy atom. The van der Waals surface area contributed by atoms with Gasteiger partial charge >= 0.3 is 0 Å². The minimum atomic E-state index is 0.249. The van der Waals surface area contributed by atoms with Crippen LogP contribution in [0.4, 0.5) is 0 Å². The van der Waals surface area contributed by atoms with Gasteiger partial charge in [0.25, 0.3) is 0 Å². The van der Waals surface area contributed by atoms with Crippen LogP contribution in [0.2, 0.25) is 0 Å². The number of aryl methyl sites for hydroxylation is 2. The van der Waals surface area contributed by atoms with Gasteiger partial charge < -0.3 is 11.1 Å². The molecule has 0 fully saturated rings. The molecular formula is C15H24N2. The molecule has 0 aromatic heterocycles. The van der Waals surface area contributed by atoms with Crippen LogP contribution in [0, 0.1) is 0 Å². The van der Waals surface area contributed by atoms with Crippen LogP contribution in [0.5, 0.6) is 0 Å². The van der Waals surface area contributed by atoms with Crippen LogP contribution in [0.15, 0.2) is 18.2 Å². The third kappa shape index (κ3) is 3.83. The number of rotatable bonds is 5. The largest absolute Gasteiger partial charge is 0.327 e. The molecule has 0 saturated heterocycles. The molecule has 1 unspecified atom stereocenters. The fourth-order valence-corrected chi connectivity index (χ4v) is 2.50. The van der Waals surface area contributed by atoms with Crippen molar-refractivity contribution in [2.24, 2.45) is 5.73 Å². The van der Waals surface area contributed by atoms with Crippen molar-refractivity contribution < 1.29 is 0 Å². The maximum Gasteiger partial charge on any atom is 0.0136 e. The Morgan fingerprint density at radius 2 is 2.00 bits per heavy atom. The lowest BCUT2D eigenvalue weighted by Gasteiger charge is -2.16. The summed E-state index contributed by atoms with van der Waals surface area (Å²) in [6.45, 7) is 3.97. The Hall–Kier alpha value is -0.860. The van der Waals surface area contributed by atoms with Crippen molar-refractivity contribution >= 4 is 0 Å². The number of benzene rings is 1. The van der Waals surface area contributed by atoms with E-state index in [0.717, 1.165) is 19.5 Å². The van der Waals surface area contributed by atoms with E-state index in [4.69, 9.17) is 5.73 Å². The number of hydrogen-bond donors (Lipinski definition) is 2. The van der Waals surface area contributed by atoms with Crippen molar-refractivity contribution in [3.8, 4) is 0 Å². The van der Waals surface area contributed by atoms with Gasteiger partial charge in [-0.2, -0.15) is 0 Å². The highest BCUT2D eigenvalue weighted by molar-refractivity contribution is 5.33. The molecule has 0 spiro atoms. The first-order valence-electron chi connectivity index (χ1n) is 6.82. The predicted molar refractivity (Wildman–Crippen MR) is 73.3 cm³/mol. The van der Waals surface area contributed by atoms with Gasteiger partial charge in [-0.1, -0.05) is 18.2 Å². The van der Waals surface area contributed by atoms with Crippen LogP contribution in [0.3, 0.4) is 0 Å². The van der Waals surface area contributed by atoms with Crippen LogP contribution in [0.1, 0.15) is 36.5 Å². The van der Waals surface area contributed by atoms with Crippen molar-refractivity contribution in [2.45, 2.75) is 45.1 Å². The van der Waals surface area contributed by atoms with Crippen LogP contribution in [-0.4, -0.2) is 19.1 Å². The Labute approximate surface area is 105 Å². The van der Waals surface area contributed by atoms with E-state index in [0.29, 0.717) is 0 Å². The smallest absolute Gasteiger partial charge is 0.0136 e. The van der Waals surface area contributed by atoms with Gasteiger partial charge in [0.1, 0.15) is 0 Å². The normalized spacial score (nSPS) is 16.6. The lowest BCUT2D eigenvalue weighted by Crippen LogP contribution is -2.32. The lowest BCUT2D eigenvalue weighted by molar-refractivity contribution is 0.608. The van der Waals surface area contributed by atoms with Crippen LogP contribution in [0.25, 0.3) is 0 Å². The topological polar surface area (TPSA) is 38.0 Å². The van der Waals surface area contributed by atoms with Gasteiger partial charge in [0, 0.05) is 12.6 Å². The molecule has 17 heavy (non-hydrogen) atoms. The monoisotopic (exact) mass is 232 g/mol. The van der Waals surface area contributed by atoms with Crippen molar-refractivity contribution in [1.29, 1.82) is 0 Å². The molecule has 2 nitrogen and oxygen atoms in total. The molecule has 2 heteroatoms. The Morgan fingerprint density at radius 1 is 1.24 bits per heavy atom. The summed E-state index contributed by atoms with van der Waals surface area (Å²) in [4.78, 5) is 0. The minimum absolute atomic E-state index is 0.249. The fraction of sp³-hybridized carbons (Fsp3) is 0.600. The zero-order valence-electron chi connectivity index (χ0n) is 10.8. The summed E-state index contributed by atoms with van der Waals surface area (Å²) < 4.78 is 0. The molecule has 2 rings (SSSR count). The van der Waals surface area contributed by atoms with Crippen LogP contribution in [-0.2, 0) is 19.3 Å². The molecule has 0 bridgehead atoms. The Kier molecular flexibility index (Phi) is 4.57. The van der Waals surface area contributed by atoms with Gasteiger partial charge in [0.2, 0.25) is 0 Å². The summed E-state index contributed by atoms with van der Waals surface area (Å²) in [6.07, 6.45) is 6.39. The molecule has 3 N–H and O–H groups in total. The highest BCUT2D eigenvalue weighted by Crippen LogP contribution is 2.22. The van der Waals surface area contributed by atoms with Gasteiger partial charge in [-0.15, -0.1) is 0 Å². The summed E-state index contributed by atoms with van der Waals surface area (Å²) in [5, 5.41) is 3.39. The number of fused-ring (bicyclic) bond motifs is 1. The third-order valence-corrected chi connectivity index (χ3v) is 3.47. The average Bonchev–Trinajstić information content (AvgIpc) is 2.34. The summed E-state index contributed by atoms with van der Waals surface area (Å²) in [5.41, 5.74) is 10.3. The quantitative estimate of drug-likeness (QED) is 0.763. The zero-order valence-corrected chi connectivity index (χ0v) is 10.8. The van der Waals surface area contributed by atoms with Gasteiger partial charge in [0.15, 0.2) is 0 Å². The second-order valence-corrected chi connectivity index (χ2v) is 5.24. The summed E-state index contributed by atoms with van der Waals surface area (Å²) >= 11 is 0. The SMILES string of the molecule is CC(N)CNCCc1ccc2c(c1)CCCC2. The molecule has 0 heterocycles. The van der Waals surface area contributed by atoms with Gasteiger partial charge in [0.05, 0.1) is 0 Å². The summed E-state index contributed by atoms with van der Waals surface area (Å²) in [6, 6.07) is 7.27. The second kappa shape index (κ2) is 6.18. The molecule has 94 valence electrons. The van der Waals surface area contributed by atoms with Crippen LogP contribution < -0.4 is 11.1 Å². The predicted octanol–water partition coefficient (Wildman–Crippen LogP) is 2.04. The first-order valence-corrected chi connectivity index (χ1v) is 6.82.